The molecule has 0 aliphatic carbocycles. The molecule has 6 nitrogen and oxygen atoms in total. The molecule has 1 aromatic heterocycles. The van der Waals surface area contributed by atoms with E-state index in [1.54, 1.807) is 39.0 Å². The van der Waals surface area contributed by atoms with Gasteiger partial charge in [-0.2, -0.15) is 0 Å². The van der Waals surface area contributed by atoms with Crippen molar-refractivity contribution in [3.8, 4) is 5.69 Å². The third-order valence-electron chi connectivity index (χ3n) is 2.99. The number of amides is 1. The summed E-state index contributed by atoms with van der Waals surface area (Å²) in [6.07, 6.45) is 3.26. The van der Waals surface area contributed by atoms with Gasteiger partial charge in [-0.3, -0.25) is 0 Å². The fourth-order valence-electron chi connectivity index (χ4n) is 1.99. The highest BCUT2D eigenvalue weighted by molar-refractivity contribution is 5.90. The molecule has 0 radical (unpaired) electrons. The Morgan fingerprint density at radius 2 is 1.83 bits per heavy atom. The van der Waals surface area contributed by atoms with Gasteiger partial charge in [0.25, 0.3) is 0 Å². The van der Waals surface area contributed by atoms with E-state index in [2.05, 4.69) is 5.32 Å². The van der Waals surface area contributed by atoms with Gasteiger partial charge in [-0.1, -0.05) is 6.07 Å². The highest BCUT2D eigenvalue weighted by Crippen LogP contribution is 2.12. The number of hydrogen-bond acceptors (Lipinski definition) is 4. The fourth-order valence-corrected chi connectivity index (χ4v) is 1.99. The van der Waals surface area contributed by atoms with Crippen LogP contribution in [0.5, 0.6) is 0 Å². The maximum Gasteiger partial charge on any atom is 0.407 e. The minimum absolute atomic E-state index is 0.0752. The molecule has 0 saturated heterocycles. The van der Waals surface area contributed by atoms with Crippen LogP contribution in [0.15, 0.2) is 48.8 Å². The first-order chi connectivity index (χ1) is 11.3. The summed E-state index contributed by atoms with van der Waals surface area (Å²) >= 11 is 0. The Hall–Kier alpha value is -2.76. The summed E-state index contributed by atoms with van der Waals surface area (Å²) in [6.45, 7) is 5.61. The van der Waals surface area contributed by atoms with Crippen LogP contribution >= 0.6 is 0 Å². The van der Waals surface area contributed by atoms with Gasteiger partial charge < -0.3 is 19.4 Å². The highest BCUT2D eigenvalue weighted by atomic mass is 16.6. The molecule has 0 aliphatic rings. The van der Waals surface area contributed by atoms with Crippen molar-refractivity contribution >= 4 is 12.1 Å². The van der Waals surface area contributed by atoms with Crippen LogP contribution in [0.3, 0.4) is 0 Å². The molecule has 1 aromatic carbocycles. The number of nitrogens with one attached hydrogen (secondary N) is 1. The summed E-state index contributed by atoms with van der Waals surface area (Å²) in [5.41, 5.74) is 0.777. The largest absolute Gasteiger partial charge is 0.460 e. The SMILES string of the molecule is CC(C)(C)OC(=O)NCCOC(=O)c1cccc(-n2cccc2)c1. The molecule has 0 spiro atoms. The molecule has 0 aliphatic heterocycles. The van der Waals surface area contributed by atoms with E-state index in [4.69, 9.17) is 9.47 Å². The average molecular weight is 330 g/mol. The molecule has 2 rings (SSSR count). The molecule has 1 amide bonds. The Labute approximate surface area is 141 Å². The number of aromatic nitrogens is 1. The van der Waals surface area contributed by atoms with Gasteiger partial charge in [-0.25, -0.2) is 9.59 Å². The van der Waals surface area contributed by atoms with E-state index >= 15 is 0 Å². The Bertz CT molecular complexity index is 687. The standard InChI is InChI=1S/C18H22N2O4/c1-18(2,3)24-17(22)19-9-12-23-16(21)14-7-6-8-15(13-14)20-10-4-5-11-20/h4-8,10-11,13H,9,12H2,1-3H3,(H,19,22). The Kier molecular flexibility index (Phi) is 5.63. The van der Waals surface area contributed by atoms with Crippen LogP contribution in [0.2, 0.25) is 0 Å². The number of benzene rings is 1. The van der Waals surface area contributed by atoms with Crippen LogP contribution in [0, 0.1) is 0 Å². The molecule has 6 heteroatoms. The minimum Gasteiger partial charge on any atom is -0.460 e. The minimum atomic E-state index is -0.556. The maximum atomic E-state index is 12.1. The van der Waals surface area contributed by atoms with Gasteiger partial charge in [0.1, 0.15) is 12.2 Å². The molecule has 24 heavy (non-hydrogen) atoms. The first-order valence-corrected chi connectivity index (χ1v) is 7.72. The van der Waals surface area contributed by atoms with E-state index in [1.165, 1.54) is 0 Å². The van der Waals surface area contributed by atoms with E-state index in [9.17, 15) is 9.59 Å². The van der Waals surface area contributed by atoms with Crippen molar-refractivity contribution in [3.63, 3.8) is 0 Å². The van der Waals surface area contributed by atoms with Gasteiger partial charge in [-0.05, 0) is 51.1 Å². The lowest BCUT2D eigenvalue weighted by atomic mass is 10.2. The van der Waals surface area contributed by atoms with Crippen molar-refractivity contribution in [1.29, 1.82) is 0 Å². The maximum absolute atomic E-state index is 12.1. The van der Waals surface area contributed by atoms with Gasteiger partial charge in [-0.15, -0.1) is 0 Å². The monoisotopic (exact) mass is 330 g/mol. The number of rotatable bonds is 5. The van der Waals surface area contributed by atoms with Crippen LogP contribution in [0.1, 0.15) is 31.1 Å². The van der Waals surface area contributed by atoms with Gasteiger partial charge in [0.15, 0.2) is 0 Å². The molecule has 0 fully saturated rings. The van der Waals surface area contributed by atoms with E-state index < -0.39 is 17.7 Å². The Balaban J connectivity index is 1.81. The summed E-state index contributed by atoms with van der Waals surface area (Å²) in [5, 5.41) is 2.54. The van der Waals surface area contributed by atoms with Crippen molar-refractivity contribution in [2.45, 2.75) is 26.4 Å². The fraction of sp³-hybridized carbons (Fsp3) is 0.333. The average Bonchev–Trinajstić information content (AvgIpc) is 3.04. The zero-order valence-corrected chi connectivity index (χ0v) is 14.1. The highest BCUT2D eigenvalue weighted by Gasteiger charge is 2.15. The van der Waals surface area contributed by atoms with E-state index in [0.29, 0.717) is 5.56 Å². The lowest BCUT2D eigenvalue weighted by Crippen LogP contribution is -2.34. The second-order valence-corrected chi connectivity index (χ2v) is 6.21. The molecular weight excluding hydrogens is 308 g/mol. The van der Waals surface area contributed by atoms with Crippen LogP contribution in [-0.2, 0) is 9.47 Å². The number of ether oxygens (including phenoxy) is 2. The zero-order valence-electron chi connectivity index (χ0n) is 14.1. The van der Waals surface area contributed by atoms with Gasteiger partial charge in [0.2, 0.25) is 0 Å². The second-order valence-electron chi connectivity index (χ2n) is 6.21. The van der Waals surface area contributed by atoms with Gasteiger partial charge in [0.05, 0.1) is 12.1 Å². The first kappa shape index (κ1) is 17.6. The summed E-state index contributed by atoms with van der Waals surface area (Å²) in [5.74, 6) is -0.435. The number of carbonyl (C=O) groups excluding carboxylic acids is 2. The third kappa shape index (κ3) is 5.46. The molecule has 1 N–H and O–H groups in total. The van der Waals surface area contributed by atoms with Crippen molar-refractivity contribution in [2.24, 2.45) is 0 Å². The smallest absolute Gasteiger partial charge is 0.407 e. The molecular formula is C18H22N2O4. The summed E-state index contributed by atoms with van der Waals surface area (Å²) in [4.78, 5) is 23.5. The molecule has 0 saturated carbocycles. The first-order valence-electron chi connectivity index (χ1n) is 7.72. The zero-order chi connectivity index (χ0) is 17.6. The van der Waals surface area contributed by atoms with E-state index in [0.717, 1.165) is 5.69 Å². The second kappa shape index (κ2) is 7.68. The van der Waals surface area contributed by atoms with E-state index in [1.807, 2.05) is 35.2 Å². The number of nitrogens with zero attached hydrogens (tertiary/aromatic N) is 1. The molecule has 0 unspecified atom stereocenters. The molecule has 0 bridgehead atoms. The number of esters is 1. The Morgan fingerprint density at radius 3 is 2.50 bits per heavy atom. The van der Waals surface area contributed by atoms with Crippen molar-refractivity contribution in [3.05, 3.63) is 54.4 Å². The van der Waals surface area contributed by atoms with Crippen molar-refractivity contribution in [1.82, 2.24) is 9.88 Å². The van der Waals surface area contributed by atoms with Crippen LogP contribution in [0.25, 0.3) is 5.69 Å². The molecule has 0 atom stereocenters. The predicted molar refractivity (Wildman–Crippen MR) is 90.3 cm³/mol. The van der Waals surface area contributed by atoms with E-state index in [-0.39, 0.29) is 13.2 Å². The lowest BCUT2D eigenvalue weighted by Gasteiger charge is -2.19. The summed E-state index contributed by atoms with van der Waals surface area (Å²) in [6, 6.07) is 11.0. The number of alkyl carbamates (subject to hydrolysis) is 1. The number of carbonyl (C=O) groups is 2. The lowest BCUT2D eigenvalue weighted by molar-refractivity contribution is 0.0433. The quantitative estimate of drug-likeness (QED) is 0.675. The van der Waals surface area contributed by atoms with Crippen LogP contribution in [0.4, 0.5) is 4.79 Å². The normalized spacial score (nSPS) is 11.0. The van der Waals surface area contributed by atoms with Gasteiger partial charge >= 0.3 is 12.1 Å². The van der Waals surface area contributed by atoms with Crippen molar-refractivity contribution in [2.75, 3.05) is 13.2 Å². The topological polar surface area (TPSA) is 69.6 Å². The third-order valence-corrected chi connectivity index (χ3v) is 2.99. The summed E-state index contributed by atoms with van der Waals surface area (Å²) in [7, 11) is 0. The molecule has 2 aromatic rings. The van der Waals surface area contributed by atoms with Crippen molar-refractivity contribution < 1.29 is 19.1 Å². The molecule has 1 heterocycles. The van der Waals surface area contributed by atoms with Gasteiger partial charge in [0, 0.05) is 18.1 Å². The molecule has 128 valence electrons. The summed E-state index contributed by atoms with van der Waals surface area (Å²) < 4.78 is 12.2. The van der Waals surface area contributed by atoms with Crippen LogP contribution < -0.4 is 5.32 Å². The van der Waals surface area contributed by atoms with Crippen LogP contribution in [-0.4, -0.2) is 35.4 Å². The number of hydrogen-bond donors (Lipinski definition) is 1. The Morgan fingerprint density at radius 1 is 1.12 bits per heavy atom. The predicted octanol–water partition coefficient (Wildman–Crippen LogP) is 3.16.